The minimum atomic E-state index is -0.608. The van der Waals surface area contributed by atoms with Gasteiger partial charge in [-0.25, -0.2) is 23.8 Å². The Balaban J connectivity index is 0.995. The van der Waals surface area contributed by atoms with E-state index in [0.717, 1.165) is 42.7 Å². The maximum absolute atomic E-state index is 15.0. The van der Waals surface area contributed by atoms with Crippen molar-refractivity contribution in [2.45, 2.75) is 37.8 Å². The molecule has 204 valence electrons. The van der Waals surface area contributed by atoms with E-state index in [1.807, 2.05) is 0 Å². The summed E-state index contributed by atoms with van der Waals surface area (Å²) >= 11 is 0. The number of nitrogens with two attached hydrogens (primary N) is 1. The second-order valence-electron chi connectivity index (χ2n) is 10.7. The number of carbonyl (C=O) groups excluding carboxylic acids is 2. The number of halogens is 1. The van der Waals surface area contributed by atoms with Crippen LogP contribution in [-0.2, 0) is 28.9 Å². The Labute approximate surface area is 222 Å². The van der Waals surface area contributed by atoms with Gasteiger partial charge in [-0.2, -0.15) is 0 Å². The summed E-state index contributed by atoms with van der Waals surface area (Å²) in [5.41, 5.74) is 8.23. The van der Waals surface area contributed by atoms with Crippen LogP contribution in [0.3, 0.4) is 0 Å². The van der Waals surface area contributed by atoms with Crippen molar-refractivity contribution in [1.29, 1.82) is 0 Å². The molecule has 2 saturated heterocycles. The highest BCUT2D eigenvalue weighted by atomic mass is 19.1. The van der Waals surface area contributed by atoms with Crippen LogP contribution in [0.15, 0.2) is 12.3 Å². The number of nitrogens with one attached hydrogen (secondary N) is 1. The van der Waals surface area contributed by atoms with Crippen molar-refractivity contribution >= 4 is 34.7 Å². The second kappa shape index (κ2) is 9.09. The van der Waals surface area contributed by atoms with Crippen molar-refractivity contribution in [3.63, 3.8) is 0 Å². The molecule has 1 unspecified atom stereocenters. The van der Waals surface area contributed by atoms with Gasteiger partial charge in [0.15, 0.2) is 18.2 Å². The summed E-state index contributed by atoms with van der Waals surface area (Å²) in [6.07, 6.45) is 3.76. The quantitative estimate of drug-likeness (QED) is 0.479. The lowest BCUT2D eigenvalue weighted by molar-refractivity contribution is -0.118. The Morgan fingerprint density at radius 1 is 1.21 bits per heavy atom. The molecule has 39 heavy (non-hydrogen) atoms. The highest BCUT2D eigenvalue weighted by Crippen LogP contribution is 2.38. The van der Waals surface area contributed by atoms with Crippen molar-refractivity contribution in [2.24, 2.45) is 11.7 Å². The molecule has 5 heterocycles. The summed E-state index contributed by atoms with van der Waals surface area (Å²) in [6, 6.07) is 1.53. The number of ether oxygens (including phenoxy) is 2. The standard InChI is InChI=1S/C25H28FN9O4/c26-17-9-18-21(31-32-35(18)6-3-27)16-8-14(7-15(16)17)11-33-4-1-25(2-5-33)13-34(24(37)39-25)19-10-28-23-22(29-19)30-20(36)12-38-23/h9-10,14H,1-8,11-13,27H2,(H,29,30,36). The van der Waals surface area contributed by atoms with Gasteiger partial charge in [0.2, 0.25) is 0 Å². The zero-order valence-electron chi connectivity index (χ0n) is 21.2. The summed E-state index contributed by atoms with van der Waals surface area (Å²) in [4.78, 5) is 36.8. The Morgan fingerprint density at radius 2 is 2.03 bits per heavy atom. The third-order valence-electron chi connectivity index (χ3n) is 8.16. The molecular formula is C25H28FN9O4. The second-order valence-corrected chi connectivity index (χ2v) is 10.7. The van der Waals surface area contributed by atoms with Gasteiger partial charge in [0, 0.05) is 45.1 Å². The molecule has 7 rings (SSSR count). The number of likely N-dealkylation sites (tertiary alicyclic amines) is 1. The number of fused-ring (bicyclic) bond motifs is 4. The number of benzene rings is 1. The number of hydrogen-bond donors (Lipinski definition) is 2. The van der Waals surface area contributed by atoms with Crippen LogP contribution < -0.4 is 20.7 Å². The lowest BCUT2D eigenvalue weighted by atomic mass is 9.90. The summed E-state index contributed by atoms with van der Waals surface area (Å²) in [7, 11) is 0. The van der Waals surface area contributed by atoms with E-state index in [0.29, 0.717) is 50.2 Å². The fourth-order valence-corrected chi connectivity index (χ4v) is 6.24. The molecule has 3 N–H and O–H groups in total. The number of rotatable bonds is 5. The van der Waals surface area contributed by atoms with E-state index in [9.17, 15) is 14.0 Å². The molecule has 1 atom stereocenters. The van der Waals surface area contributed by atoms with Gasteiger partial charge in [0.25, 0.3) is 11.8 Å². The van der Waals surface area contributed by atoms with Gasteiger partial charge in [-0.1, -0.05) is 5.21 Å². The number of anilines is 2. The van der Waals surface area contributed by atoms with Crippen molar-refractivity contribution in [1.82, 2.24) is 29.9 Å². The summed E-state index contributed by atoms with van der Waals surface area (Å²) < 4.78 is 27.8. The maximum atomic E-state index is 15.0. The Hall–Kier alpha value is -3.91. The molecule has 2 fully saturated rings. The van der Waals surface area contributed by atoms with Crippen LogP contribution in [0.4, 0.5) is 20.8 Å². The Bertz CT molecular complexity index is 1490. The van der Waals surface area contributed by atoms with Crippen molar-refractivity contribution < 1.29 is 23.5 Å². The average molecular weight is 538 g/mol. The number of carbonyl (C=O) groups is 2. The molecule has 4 aliphatic rings. The van der Waals surface area contributed by atoms with E-state index < -0.39 is 11.7 Å². The highest BCUT2D eigenvalue weighted by molar-refractivity contribution is 5.94. The smallest absolute Gasteiger partial charge is 0.416 e. The van der Waals surface area contributed by atoms with Gasteiger partial charge in [-0.3, -0.25) is 9.69 Å². The van der Waals surface area contributed by atoms with Crippen molar-refractivity contribution in [3.8, 4) is 5.88 Å². The predicted molar refractivity (Wildman–Crippen MR) is 136 cm³/mol. The first-order chi connectivity index (χ1) is 18.9. The van der Waals surface area contributed by atoms with Crippen LogP contribution in [0, 0.1) is 11.7 Å². The number of amides is 2. The Morgan fingerprint density at radius 3 is 2.85 bits per heavy atom. The van der Waals surface area contributed by atoms with Crippen LogP contribution in [0.25, 0.3) is 11.0 Å². The van der Waals surface area contributed by atoms with Crippen molar-refractivity contribution in [2.75, 3.05) is 49.5 Å². The number of hydrogen-bond acceptors (Lipinski definition) is 10. The van der Waals surface area contributed by atoms with Gasteiger partial charge >= 0.3 is 6.09 Å². The molecule has 1 aromatic carbocycles. The first-order valence-corrected chi connectivity index (χ1v) is 13.2. The molecule has 14 heteroatoms. The van der Waals surface area contributed by atoms with Crippen LogP contribution >= 0.6 is 0 Å². The average Bonchev–Trinajstić information content (AvgIpc) is 3.61. The molecule has 3 aromatic rings. The summed E-state index contributed by atoms with van der Waals surface area (Å²) in [5.74, 6) is 0.484. The van der Waals surface area contributed by atoms with E-state index in [1.54, 1.807) is 4.68 Å². The normalized spacial score (nSPS) is 22.1. The molecule has 1 aliphatic carbocycles. The highest BCUT2D eigenvalue weighted by Gasteiger charge is 2.48. The maximum Gasteiger partial charge on any atom is 0.416 e. The zero-order chi connectivity index (χ0) is 26.7. The molecule has 0 radical (unpaired) electrons. The SMILES string of the molecule is NCCn1nnc2c3c(c(F)cc21)CC(CN1CCC2(CC1)CN(c1cnc4c(n1)NC(=O)CO4)C(=O)O2)C3. The number of nitrogens with zero attached hydrogens (tertiary/aromatic N) is 7. The van der Waals surface area contributed by atoms with Gasteiger partial charge < -0.3 is 25.4 Å². The van der Waals surface area contributed by atoms with Gasteiger partial charge in [-0.05, 0) is 29.9 Å². The van der Waals surface area contributed by atoms with Crippen molar-refractivity contribution in [3.05, 3.63) is 29.2 Å². The zero-order valence-corrected chi connectivity index (χ0v) is 21.2. The monoisotopic (exact) mass is 537 g/mol. The van der Waals surface area contributed by atoms with E-state index in [4.69, 9.17) is 15.2 Å². The molecule has 2 aromatic heterocycles. The minimum absolute atomic E-state index is 0.116. The lowest BCUT2D eigenvalue weighted by Gasteiger charge is -2.38. The first kappa shape index (κ1) is 24.2. The topological polar surface area (TPSA) is 154 Å². The largest absolute Gasteiger partial charge is 0.465 e. The van der Waals surface area contributed by atoms with Crippen LogP contribution in [0.1, 0.15) is 24.0 Å². The molecule has 13 nitrogen and oxygen atoms in total. The number of piperidine rings is 1. The molecule has 1 spiro atoms. The fraction of sp³-hybridized carbons (Fsp3) is 0.520. The Kier molecular flexibility index (Phi) is 5.63. The van der Waals surface area contributed by atoms with Crippen LogP contribution in [0.2, 0.25) is 0 Å². The summed E-state index contributed by atoms with van der Waals surface area (Å²) in [6.45, 7) is 3.51. The number of aromatic nitrogens is 5. The van der Waals surface area contributed by atoms with E-state index in [2.05, 4.69) is 30.5 Å². The molecular weight excluding hydrogens is 509 g/mol. The van der Waals surface area contributed by atoms with Gasteiger partial charge in [0.1, 0.15) is 16.9 Å². The molecule has 0 saturated carbocycles. The van der Waals surface area contributed by atoms with Crippen LogP contribution in [0.5, 0.6) is 5.88 Å². The van der Waals surface area contributed by atoms with E-state index in [-0.39, 0.29) is 35.9 Å². The van der Waals surface area contributed by atoms with Gasteiger partial charge in [0.05, 0.1) is 24.8 Å². The molecule has 0 bridgehead atoms. The van der Waals surface area contributed by atoms with E-state index >= 15 is 0 Å². The van der Waals surface area contributed by atoms with E-state index in [1.165, 1.54) is 17.2 Å². The third-order valence-corrected chi connectivity index (χ3v) is 8.16. The lowest BCUT2D eigenvalue weighted by Crippen LogP contribution is -2.48. The van der Waals surface area contributed by atoms with Gasteiger partial charge in [-0.15, -0.1) is 5.10 Å². The minimum Gasteiger partial charge on any atom is -0.465 e. The fourth-order valence-electron chi connectivity index (χ4n) is 6.24. The molecule has 2 amide bonds. The third kappa shape index (κ3) is 4.14. The molecule has 3 aliphatic heterocycles. The predicted octanol–water partition coefficient (Wildman–Crippen LogP) is 0.856. The summed E-state index contributed by atoms with van der Waals surface area (Å²) in [5, 5.41) is 11.1. The van der Waals surface area contributed by atoms with Crippen LogP contribution in [-0.4, -0.2) is 86.8 Å². The first-order valence-electron chi connectivity index (χ1n) is 13.2.